The molecule has 160 valence electrons. The molecule has 0 spiro atoms. The molecule has 0 radical (unpaired) electrons. The second-order valence-electron chi connectivity index (χ2n) is 7.69. The van der Waals surface area contributed by atoms with Crippen LogP contribution in [0.2, 0.25) is 5.02 Å². The van der Waals surface area contributed by atoms with E-state index in [0.717, 1.165) is 23.2 Å². The monoisotopic (exact) mass is 445 g/mol. The van der Waals surface area contributed by atoms with Crippen molar-refractivity contribution in [3.63, 3.8) is 0 Å². The van der Waals surface area contributed by atoms with E-state index in [1.165, 1.54) is 6.20 Å². The predicted molar refractivity (Wildman–Crippen MR) is 121 cm³/mol. The smallest absolute Gasteiger partial charge is 0.229 e. The Kier molecular flexibility index (Phi) is 5.56. The number of carbonyl (C=O) groups is 1. The largest absolute Gasteiger partial charge is 0.487 e. The van der Waals surface area contributed by atoms with Crippen LogP contribution in [0.25, 0.3) is 5.69 Å². The molecule has 2 heterocycles. The van der Waals surface area contributed by atoms with Crippen molar-refractivity contribution >= 4 is 23.3 Å². The summed E-state index contributed by atoms with van der Waals surface area (Å²) in [5.74, 6) is 0.938. The SMILES string of the molecule is O=C(Nc1cc(OCc2ccc(-n3ccnc3)cc2)cnn1)[C@H]1C[C@@H]1c1cccc(Cl)c1. The Hall–Kier alpha value is -3.71. The topological polar surface area (TPSA) is 81.9 Å². The average Bonchev–Trinajstić information content (AvgIpc) is 3.44. The molecule has 4 aromatic rings. The maximum absolute atomic E-state index is 12.6. The zero-order valence-corrected chi connectivity index (χ0v) is 17.8. The molecule has 1 aliphatic carbocycles. The van der Waals surface area contributed by atoms with Gasteiger partial charge in [-0.15, -0.1) is 5.10 Å². The van der Waals surface area contributed by atoms with Gasteiger partial charge in [-0.2, -0.15) is 5.10 Å². The Morgan fingerprint density at radius 3 is 2.84 bits per heavy atom. The molecule has 2 aromatic carbocycles. The van der Waals surface area contributed by atoms with E-state index >= 15 is 0 Å². The third kappa shape index (κ3) is 4.63. The first kappa shape index (κ1) is 20.2. The summed E-state index contributed by atoms with van der Waals surface area (Å²) >= 11 is 6.06. The molecule has 32 heavy (non-hydrogen) atoms. The molecule has 2 aromatic heterocycles. The highest BCUT2D eigenvalue weighted by atomic mass is 35.5. The molecule has 0 aliphatic heterocycles. The summed E-state index contributed by atoms with van der Waals surface area (Å²) in [7, 11) is 0. The summed E-state index contributed by atoms with van der Waals surface area (Å²) in [4.78, 5) is 16.7. The van der Waals surface area contributed by atoms with Crippen molar-refractivity contribution in [3.05, 3.63) is 95.7 Å². The van der Waals surface area contributed by atoms with E-state index in [9.17, 15) is 4.79 Å². The Labute approximate surface area is 190 Å². The van der Waals surface area contributed by atoms with Crippen LogP contribution < -0.4 is 10.1 Å². The maximum atomic E-state index is 12.6. The van der Waals surface area contributed by atoms with Gasteiger partial charge in [0.05, 0.1) is 12.5 Å². The Bertz CT molecular complexity index is 1230. The van der Waals surface area contributed by atoms with Crippen LogP contribution in [0, 0.1) is 5.92 Å². The van der Waals surface area contributed by atoms with Gasteiger partial charge in [0.2, 0.25) is 5.91 Å². The number of hydrogen-bond acceptors (Lipinski definition) is 5. The highest BCUT2D eigenvalue weighted by molar-refractivity contribution is 6.30. The number of carbonyl (C=O) groups excluding carboxylic acids is 1. The Morgan fingerprint density at radius 1 is 1.19 bits per heavy atom. The number of hydrogen-bond donors (Lipinski definition) is 1. The number of halogens is 1. The zero-order chi connectivity index (χ0) is 21.9. The van der Waals surface area contributed by atoms with Crippen LogP contribution in [0.1, 0.15) is 23.5 Å². The van der Waals surface area contributed by atoms with Gasteiger partial charge >= 0.3 is 0 Å². The second kappa shape index (κ2) is 8.80. The van der Waals surface area contributed by atoms with E-state index in [1.54, 1.807) is 18.6 Å². The van der Waals surface area contributed by atoms with Crippen molar-refractivity contribution in [1.82, 2.24) is 19.7 Å². The summed E-state index contributed by atoms with van der Waals surface area (Å²) in [6.45, 7) is 0.378. The van der Waals surface area contributed by atoms with Crippen LogP contribution in [0.4, 0.5) is 5.82 Å². The maximum Gasteiger partial charge on any atom is 0.229 e. The molecule has 8 heteroatoms. The highest BCUT2D eigenvalue weighted by Gasteiger charge is 2.44. The molecule has 0 bridgehead atoms. The van der Waals surface area contributed by atoms with Crippen LogP contribution in [0.15, 0.2) is 79.5 Å². The summed E-state index contributed by atoms with van der Waals surface area (Å²) in [5, 5.41) is 11.5. The Morgan fingerprint density at radius 2 is 2.06 bits per heavy atom. The van der Waals surface area contributed by atoms with Crippen molar-refractivity contribution in [3.8, 4) is 11.4 Å². The molecule has 0 saturated heterocycles. The summed E-state index contributed by atoms with van der Waals surface area (Å²) in [5.41, 5.74) is 3.12. The number of nitrogens with zero attached hydrogens (tertiary/aromatic N) is 4. The molecule has 1 N–H and O–H groups in total. The van der Waals surface area contributed by atoms with Gasteiger partial charge in [0.15, 0.2) is 5.82 Å². The van der Waals surface area contributed by atoms with Crippen molar-refractivity contribution in [2.24, 2.45) is 5.92 Å². The lowest BCUT2D eigenvalue weighted by Crippen LogP contribution is -2.16. The van der Waals surface area contributed by atoms with Gasteiger partial charge in [0, 0.05) is 35.1 Å². The van der Waals surface area contributed by atoms with Gasteiger partial charge in [0.25, 0.3) is 0 Å². The first-order valence-electron chi connectivity index (χ1n) is 10.2. The fraction of sp³-hybridized carbons (Fsp3) is 0.167. The number of aromatic nitrogens is 4. The normalized spacial score (nSPS) is 17.0. The molecular weight excluding hydrogens is 426 g/mol. The van der Waals surface area contributed by atoms with Gasteiger partial charge in [-0.3, -0.25) is 4.79 Å². The number of imidazole rings is 1. The molecule has 1 amide bonds. The van der Waals surface area contributed by atoms with E-state index in [1.807, 2.05) is 59.3 Å². The third-order valence-corrected chi connectivity index (χ3v) is 5.66. The molecule has 2 atom stereocenters. The summed E-state index contributed by atoms with van der Waals surface area (Å²) in [6.07, 6.45) is 7.71. The van der Waals surface area contributed by atoms with E-state index in [2.05, 4.69) is 20.5 Å². The standard InChI is InChI=1S/C24H20ClN5O2/c25-18-3-1-2-17(10-18)21-12-22(21)24(31)28-23-11-20(13-27-29-23)32-14-16-4-6-19(7-5-16)30-9-8-26-15-30/h1-11,13,15,21-22H,12,14H2,(H,28,29,31)/t21-,22+/m1/s1. The summed E-state index contributed by atoms with van der Waals surface area (Å²) < 4.78 is 7.77. The molecule has 1 aliphatic rings. The van der Waals surface area contributed by atoms with Crippen LogP contribution in [-0.2, 0) is 11.4 Å². The molecule has 1 fully saturated rings. The summed E-state index contributed by atoms with van der Waals surface area (Å²) in [6, 6.07) is 17.3. The predicted octanol–water partition coefficient (Wildman–Crippen LogP) is 4.64. The fourth-order valence-electron chi connectivity index (χ4n) is 3.64. The van der Waals surface area contributed by atoms with Crippen LogP contribution >= 0.6 is 11.6 Å². The molecule has 1 saturated carbocycles. The minimum atomic E-state index is -0.0890. The van der Waals surface area contributed by atoms with Gasteiger partial charge in [0.1, 0.15) is 12.4 Å². The van der Waals surface area contributed by atoms with Crippen molar-refractivity contribution in [2.75, 3.05) is 5.32 Å². The average molecular weight is 446 g/mol. The second-order valence-corrected chi connectivity index (χ2v) is 8.13. The number of ether oxygens (including phenoxy) is 1. The van der Waals surface area contributed by atoms with Gasteiger partial charge in [-0.05, 0) is 47.7 Å². The lowest BCUT2D eigenvalue weighted by Gasteiger charge is -2.09. The fourth-order valence-corrected chi connectivity index (χ4v) is 3.84. The number of benzene rings is 2. The number of anilines is 1. The first-order chi connectivity index (χ1) is 15.7. The molecule has 5 rings (SSSR count). The minimum Gasteiger partial charge on any atom is -0.487 e. The molecule has 0 unspecified atom stereocenters. The van der Waals surface area contributed by atoms with Crippen LogP contribution in [0.3, 0.4) is 0 Å². The lowest BCUT2D eigenvalue weighted by molar-refractivity contribution is -0.117. The van der Waals surface area contributed by atoms with Crippen LogP contribution in [0.5, 0.6) is 5.75 Å². The minimum absolute atomic E-state index is 0.0727. The first-order valence-corrected chi connectivity index (χ1v) is 10.6. The van der Waals surface area contributed by atoms with E-state index in [0.29, 0.717) is 23.2 Å². The van der Waals surface area contributed by atoms with Crippen molar-refractivity contribution in [2.45, 2.75) is 18.9 Å². The lowest BCUT2D eigenvalue weighted by atomic mass is 10.1. The number of rotatable bonds is 7. The number of amides is 1. The Balaban J connectivity index is 1.17. The third-order valence-electron chi connectivity index (χ3n) is 5.43. The quantitative estimate of drug-likeness (QED) is 0.448. The van der Waals surface area contributed by atoms with Crippen molar-refractivity contribution in [1.29, 1.82) is 0 Å². The van der Waals surface area contributed by atoms with E-state index in [-0.39, 0.29) is 17.7 Å². The van der Waals surface area contributed by atoms with Gasteiger partial charge < -0.3 is 14.6 Å². The van der Waals surface area contributed by atoms with Gasteiger partial charge in [-0.1, -0.05) is 35.9 Å². The van der Waals surface area contributed by atoms with Gasteiger partial charge in [-0.25, -0.2) is 4.98 Å². The number of nitrogens with one attached hydrogen (secondary N) is 1. The van der Waals surface area contributed by atoms with E-state index in [4.69, 9.17) is 16.3 Å². The van der Waals surface area contributed by atoms with E-state index < -0.39 is 0 Å². The molecule has 7 nitrogen and oxygen atoms in total. The zero-order valence-electron chi connectivity index (χ0n) is 17.1. The van der Waals surface area contributed by atoms with Crippen molar-refractivity contribution < 1.29 is 9.53 Å². The van der Waals surface area contributed by atoms with Crippen LogP contribution in [-0.4, -0.2) is 25.7 Å². The highest BCUT2D eigenvalue weighted by Crippen LogP contribution is 2.48. The molecular formula is C24H20ClN5O2.